The SMILES string of the molecule is Cc1cc(OCc2cccc(Br)c2)ccc1[N+](=O)[O-]. The molecule has 0 bridgehead atoms. The van der Waals surface area contributed by atoms with Crippen molar-refractivity contribution in [2.24, 2.45) is 0 Å². The molecule has 0 N–H and O–H groups in total. The fourth-order valence-electron chi connectivity index (χ4n) is 1.72. The van der Waals surface area contributed by atoms with E-state index in [2.05, 4.69) is 15.9 Å². The standard InChI is InChI=1S/C14H12BrNO3/c1-10-7-13(5-6-14(10)16(17)18)19-9-11-3-2-4-12(15)8-11/h2-8H,9H2,1H3. The van der Waals surface area contributed by atoms with Crippen LogP contribution in [0.3, 0.4) is 0 Å². The van der Waals surface area contributed by atoms with Crippen molar-refractivity contribution in [3.05, 3.63) is 68.2 Å². The third kappa shape index (κ3) is 3.54. The van der Waals surface area contributed by atoms with Crippen LogP contribution in [0.15, 0.2) is 46.9 Å². The van der Waals surface area contributed by atoms with E-state index in [-0.39, 0.29) is 5.69 Å². The Morgan fingerprint density at radius 1 is 1.26 bits per heavy atom. The summed E-state index contributed by atoms with van der Waals surface area (Å²) in [6.45, 7) is 2.13. The first-order valence-corrected chi connectivity index (χ1v) is 6.48. The molecule has 0 aliphatic heterocycles. The quantitative estimate of drug-likeness (QED) is 0.625. The Bertz CT molecular complexity index is 613. The Morgan fingerprint density at radius 2 is 2.05 bits per heavy atom. The lowest BCUT2D eigenvalue weighted by Crippen LogP contribution is -1.97. The highest BCUT2D eigenvalue weighted by atomic mass is 79.9. The van der Waals surface area contributed by atoms with Crippen molar-refractivity contribution >= 4 is 21.6 Å². The average molecular weight is 322 g/mol. The van der Waals surface area contributed by atoms with Crippen LogP contribution < -0.4 is 4.74 Å². The molecule has 2 aromatic rings. The van der Waals surface area contributed by atoms with Gasteiger partial charge >= 0.3 is 0 Å². The van der Waals surface area contributed by atoms with Gasteiger partial charge in [0.15, 0.2) is 0 Å². The Hall–Kier alpha value is -1.88. The molecule has 0 aliphatic carbocycles. The van der Waals surface area contributed by atoms with Crippen molar-refractivity contribution in [2.75, 3.05) is 0 Å². The Labute approximate surface area is 119 Å². The molecule has 19 heavy (non-hydrogen) atoms. The van der Waals surface area contributed by atoms with Gasteiger partial charge in [-0.15, -0.1) is 0 Å². The van der Waals surface area contributed by atoms with Crippen LogP contribution in [-0.2, 0) is 6.61 Å². The van der Waals surface area contributed by atoms with Crippen molar-refractivity contribution in [3.63, 3.8) is 0 Å². The maximum Gasteiger partial charge on any atom is 0.272 e. The van der Waals surface area contributed by atoms with E-state index in [4.69, 9.17) is 4.74 Å². The molecule has 0 atom stereocenters. The Morgan fingerprint density at radius 3 is 2.68 bits per heavy atom. The first-order valence-electron chi connectivity index (χ1n) is 5.68. The first kappa shape index (κ1) is 13.5. The van der Waals surface area contributed by atoms with Gasteiger partial charge < -0.3 is 4.74 Å². The molecule has 0 amide bonds. The first-order chi connectivity index (χ1) is 9.06. The van der Waals surface area contributed by atoms with Crippen LogP contribution in [0.1, 0.15) is 11.1 Å². The zero-order valence-corrected chi connectivity index (χ0v) is 11.9. The van der Waals surface area contributed by atoms with Gasteiger partial charge in [0, 0.05) is 16.1 Å². The van der Waals surface area contributed by atoms with Crippen molar-refractivity contribution in [2.45, 2.75) is 13.5 Å². The van der Waals surface area contributed by atoms with E-state index in [1.807, 2.05) is 24.3 Å². The topological polar surface area (TPSA) is 52.4 Å². The summed E-state index contributed by atoms with van der Waals surface area (Å²) in [6.07, 6.45) is 0. The number of rotatable bonds is 4. The third-order valence-corrected chi connectivity index (χ3v) is 3.15. The van der Waals surface area contributed by atoms with Crippen molar-refractivity contribution < 1.29 is 9.66 Å². The van der Waals surface area contributed by atoms with Gasteiger partial charge in [-0.2, -0.15) is 0 Å². The molecule has 4 nitrogen and oxygen atoms in total. The van der Waals surface area contributed by atoms with Crippen LogP contribution in [-0.4, -0.2) is 4.92 Å². The molecule has 0 saturated carbocycles. The highest BCUT2D eigenvalue weighted by Crippen LogP contribution is 2.24. The second kappa shape index (κ2) is 5.84. The summed E-state index contributed by atoms with van der Waals surface area (Å²) in [5.74, 6) is 0.628. The van der Waals surface area contributed by atoms with Crippen LogP contribution in [0.2, 0.25) is 0 Å². The van der Waals surface area contributed by atoms with Crippen LogP contribution in [0, 0.1) is 17.0 Å². The number of nitro benzene ring substituents is 1. The molecule has 0 aliphatic rings. The molecule has 2 rings (SSSR count). The lowest BCUT2D eigenvalue weighted by Gasteiger charge is -2.07. The van der Waals surface area contributed by atoms with Gasteiger partial charge in [-0.05, 0) is 36.8 Å². The largest absolute Gasteiger partial charge is 0.489 e. The molecule has 0 radical (unpaired) electrons. The van der Waals surface area contributed by atoms with Crippen molar-refractivity contribution in [1.82, 2.24) is 0 Å². The number of hydrogen-bond acceptors (Lipinski definition) is 3. The maximum absolute atomic E-state index is 10.7. The predicted octanol–water partition coefficient (Wildman–Crippen LogP) is 4.24. The number of hydrogen-bond donors (Lipinski definition) is 0. The zero-order chi connectivity index (χ0) is 13.8. The number of nitrogens with zero attached hydrogens (tertiary/aromatic N) is 1. The van der Waals surface area contributed by atoms with Crippen LogP contribution in [0.4, 0.5) is 5.69 Å². The number of halogens is 1. The molecule has 2 aromatic carbocycles. The van der Waals surface area contributed by atoms with Crippen molar-refractivity contribution in [1.29, 1.82) is 0 Å². The van der Waals surface area contributed by atoms with E-state index >= 15 is 0 Å². The lowest BCUT2D eigenvalue weighted by atomic mass is 10.2. The molecule has 0 heterocycles. The Kier molecular flexibility index (Phi) is 4.16. The number of nitro groups is 1. The molecule has 0 aromatic heterocycles. The van der Waals surface area contributed by atoms with Crippen LogP contribution in [0.5, 0.6) is 5.75 Å². The van der Waals surface area contributed by atoms with E-state index in [9.17, 15) is 10.1 Å². The average Bonchev–Trinajstić information content (AvgIpc) is 2.36. The third-order valence-electron chi connectivity index (χ3n) is 2.66. The predicted molar refractivity (Wildman–Crippen MR) is 76.3 cm³/mol. The second-order valence-corrected chi connectivity index (χ2v) is 5.04. The van der Waals surface area contributed by atoms with Gasteiger partial charge in [0.1, 0.15) is 12.4 Å². The lowest BCUT2D eigenvalue weighted by molar-refractivity contribution is -0.385. The fraction of sp³-hybridized carbons (Fsp3) is 0.143. The number of ether oxygens (including phenoxy) is 1. The smallest absolute Gasteiger partial charge is 0.272 e. The summed E-state index contributed by atoms with van der Waals surface area (Å²) in [5.41, 5.74) is 1.73. The Balaban J connectivity index is 2.08. The molecular weight excluding hydrogens is 310 g/mol. The van der Waals surface area contributed by atoms with Gasteiger partial charge in [-0.1, -0.05) is 28.1 Å². The molecule has 98 valence electrons. The van der Waals surface area contributed by atoms with Crippen LogP contribution in [0.25, 0.3) is 0 Å². The maximum atomic E-state index is 10.7. The molecule has 0 unspecified atom stereocenters. The number of benzene rings is 2. The fourth-order valence-corrected chi connectivity index (χ4v) is 2.16. The summed E-state index contributed by atoms with van der Waals surface area (Å²) in [6, 6.07) is 12.6. The molecule has 0 spiro atoms. The molecule has 0 saturated heterocycles. The summed E-state index contributed by atoms with van der Waals surface area (Å²) in [4.78, 5) is 10.3. The minimum atomic E-state index is -0.395. The minimum absolute atomic E-state index is 0.106. The monoisotopic (exact) mass is 321 g/mol. The summed E-state index contributed by atoms with van der Waals surface area (Å²) in [7, 11) is 0. The van der Waals surface area contributed by atoms with E-state index in [1.54, 1.807) is 19.1 Å². The summed E-state index contributed by atoms with van der Waals surface area (Å²) >= 11 is 3.39. The van der Waals surface area contributed by atoms with E-state index in [1.165, 1.54) is 6.07 Å². The zero-order valence-electron chi connectivity index (χ0n) is 10.3. The highest BCUT2D eigenvalue weighted by Gasteiger charge is 2.10. The van der Waals surface area contributed by atoms with Gasteiger partial charge in [0.25, 0.3) is 5.69 Å². The van der Waals surface area contributed by atoms with Gasteiger partial charge in [0.2, 0.25) is 0 Å². The summed E-state index contributed by atoms with van der Waals surface area (Å²) in [5, 5.41) is 10.7. The van der Waals surface area contributed by atoms with E-state index in [0.29, 0.717) is 17.9 Å². The van der Waals surface area contributed by atoms with E-state index < -0.39 is 4.92 Å². The van der Waals surface area contributed by atoms with Crippen LogP contribution >= 0.6 is 15.9 Å². The van der Waals surface area contributed by atoms with Crippen molar-refractivity contribution in [3.8, 4) is 5.75 Å². The van der Waals surface area contributed by atoms with E-state index in [0.717, 1.165) is 10.0 Å². The molecule has 5 heteroatoms. The second-order valence-electron chi connectivity index (χ2n) is 4.12. The number of aryl methyl sites for hydroxylation is 1. The summed E-state index contributed by atoms with van der Waals surface area (Å²) < 4.78 is 6.61. The molecular formula is C14H12BrNO3. The molecule has 0 fully saturated rings. The van der Waals surface area contributed by atoms with Gasteiger partial charge in [-0.3, -0.25) is 10.1 Å². The normalized spacial score (nSPS) is 10.2. The highest BCUT2D eigenvalue weighted by molar-refractivity contribution is 9.10. The van der Waals surface area contributed by atoms with Gasteiger partial charge in [-0.25, -0.2) is 0 Å². The van der Waals surface area contributed by atoms with Gasteiger partial charge in [0.05, 0.1) is 4.92 Å². The minimum Gasteiger partial charge on any atom is -0.489 e.